The molecule has 1 aliphatic rings. The molecule has 0 saturated carbocycles. The molecule has 0 aliphatic heterocycles. The third-order valence-corrected chi connectivity index (χ3v) is 7.33. The van der Waals surface area contributed by atoms with Crippen LogP contribution in [0.15, 0.2) is 0 Å². The van der Waals surface area contributed by atoms with Crippen molar-refractivity contribution in [3.8, 4) is 0 Å². The number of benzene rings is 1. The first-order chi connectivity index (χ1) is 10.9. The van der Waals surface area contributed by atoms with E-state index in [1.54, 1.807) is 0 Å². The smallest absolute Gasteiger partial charge is 0.225 e. The lowest BCUT2D eigenvalue weighted by atomic mass is 9.24. The Bertz CT molecular complexity index is 893. The van der Waals surface area contributed by atoms with Gasteiger partial charge >= 0.3 is 0 Å². The van der Waals surface area contributed by atoms with Crippen LogP contribution >= 0.6 is 11.6 Å². The van der Waals surface area contributed by atoms with E-state index < -0.39 is 0 Å². The molecule has 1 atom stereocenters. The lowest BCUT2D eigenvalue weighted by Crippen LogP contribution is -2.47. The van der Waals surface area contributed by atoms with E-state index >= 15 is 0 Å². The summed E-state index contributed by atoms with van der Waals surface area (Å²) in [4.78, 5) is 15.9. The molecule has 0 fully saturated rings. The number of primary amides is 1. The summed E-state index contributed by atoms with van der Waals surface area (Å²) in [6, 6.07) is 0. The van der Waals surface area contributed by atoms with Crippen LogP contribution in [-0.2, 0) is 11.2 Å². The minimum absolute atomic E-state index is 0.0491. The Morgan fingerprint density at radius 2 is 1.71 bits per heavy atom. The Balaban J connectivity index is 2.47. The lowest BCUT2D eigenvalue weighted by molar-refractivity contribution is -0.120. The van der Waals surface area contributed by atoms with E-state index in [0.717, 1.165) is 39.0 Å². The van der Waals surface area contributed by atoms with Crippen molar-refractivity contribution >= 4 is 99.7 Å². The fourth-order valence-corrected chi connectivity index (χ4v) is 4.58. The monoisotopic (exact) mass is 332 g/mol. The molecule has 0 bridgehead atoms. The second kappa shape index (κ2) is 5.23. The van der Waals surface area contributed by atoms with Gasteiger partial charge in [-0.3, -0.25) is 4.79 Å². The molecule has 1 amide bonds. The minimum Gasteiger partial charge on any atom is -0.369 e. The van der Waals surface area contributed by atoms with Gasteiger partial charge in [0.1, 0.15) is 23.5 Å². The molecule has 1 aromatic carbocycles. The topological polar surface area (TPSA) is 58.9 Å². The Kier molecular flexibility index (Phi) is 3.88. The molecule has 0 radical (unpaired) electrons. The molecule has 1 aromatic heterocycles. The molecule has 1 heterocycles. The summed E-state index contributed by atoms with van der Waals surface area (Å²) in [5.74, 6) is -0.597. The van der Waals surface area contributed by atoms with E-state index in [0.29, 0.717) is 0 Å². The quantitative estimate of drug-likeness (QED) is 0.502. The number of amides is 1. The second-order valence-corrected chi connectivity index (χ2v) is 8.95. The van der Waals surface area contributed by atoms with Gasteiger partial charge in [0.2, 0.25) is 5.91 Å². The van der Waals surface area contributed by atoms with Gasteiger partial charge in [0.05, 0.1) is 37.3 Å². The highest BCUT2D eigenvalue weighted by molar-refractivity contribution is 6.63. The zero-order valence-electron chi connectivity index (χ0n) is 15.6. The van der Waals surface area contributed by atoms with Crippen molar-refractivity contribution in [3.63, 3.8) is 0 Å². The maximum Gasteiger partial charge on any atom is 0.225 e. The number of hydrogen-bond donors (Lipinski definition) is 2. The molecular formula is C13H20B7ClN2O. The molecule has 2 aromatic rings. The zero-order valence-corrected chi connectivity index (χ0v) is 16.4. The summed E-state index contributed by atoms with van der Waals surface area (Å²) in [6.07, 6.45) is 0.902. The van der Waals surface area contributed by atoms with Crippen molar-refractivity contribution in [3.05, 3.63) is 16.3 Å². The molecule has 3 nitrogen and oxygen atoms in total. The summed E-state index contributed by atoms with van der Waals surface area (Å²) in [7, 11) is 14.9. The summed E-state index contributed by atoms with van der Waals surface area (Å²) in [6.45, 7) is 0. The Hall–Kier alpha value is -1.03. The highest BCUT2D eigenvalue weighted by atomic mass is 35.5. The van der Waals surface area contributed by atoms with Gasteiger partial charge in [-0.1, -0.05) is 38.4 Å². The molecular weight excluding hydrogens is 311 g/mol. The normalized spacial score (nSPS) is 21.5. The Labute approximate surface area is 154 Å². The SMILES string of the molecule is Bc1c(Cl)c(B)c2c3c([nH]c2c1B)C(C(N)=O)C(B)(B)C(B)(B)C3. The molecule has 24 heavy (non-hydrogen) atoms. The molecule has 0 saturated heterocycles. The van der Waals surface area contributed by atoms with Crippen LogP contribution in [0.1, 0.15) is 17.2 Å². The van der Waals surface area contributed by atoms with E-state index in [2.05, 4.69) is 52.1 Å². The number of aromatic nitrogens is 1. The van der Waals surface area contributed by atoms with Crippen LogP contribution in [-0.4, -0.2) is 65.8 Å². The van der Waals surface area contributed by atoms with Crippen LogP contribution in [0.4, 0.5) is 0 Å². The highest BCUT2D eigenvalue weighted by Gasteiger charge is 2.51. The fraction of sp³-hybridized carbons (Fsp3) is 0.308. The maximum absolute atomic E-state index is 12.4. The number of aromatic amines is 1. The predicted octanol–water partition coefficient (Wildman–Crippen LogP) is -6.51. The van der Waals surface area contributed by atoms with Crippen molar-refractivity contribution in [2.75, 3.05) is 0 Å². The van der Waals surface area contributed by atoms with Crippen LogP contribution in [0.3, 0.4) is 0 Å². The largest absolute Gasteiger partial charge is 0.369 e. The third kappa shape index (κ3) is 2.11. The molecule has 1 unspecified atom stereocenters. The number of carbonyl (C=O) groups is 1. The summed E-state index contributed by atoms with van der Waals surface area (Å²) in [5, 5.41) is 1.72. The number of carbonyl (C=O) groups excluding carboxylic acids is 1. The minimum atomic E-state index is -0.332. The van der Waals surface area contributed by atoms with Crippen molar-refractivity contribution in [1.82, 2.24) is 4.98 Å². The number of halogens is 1. The van der Waals surface area contributed by atoms with Gasteiger partial charge in [0, 0.05) is 16.2 Å². The van der Waals surface area contributed by atoms with E-state index in [1.165, 1.54) is 10.9 Å². The first-order valence-corrected chi connectivity index (χ1v) is 8.88. The van der Waals surface area contributed by atoms with Gasteiger partial charge in [-0.05, 0) is 17.4 Å². The van der Waals surface area contributed by atoms with Crippen LogP contribution in [0.25, 0.3) is 10.9 Å². The number of rotatable bonds is 1. The molecule has 3 N–H and O–H groups in total. The highest BCUT2D eigenvalue weighted by Crippen LogP contribution is 2.58. The zero-order chi connectivity index (χ0) is 18.2. The van der Waals surface area contributed by atoms with Gasteiger partial charge in [0.25, 0.3) is 0 Å². The molecule has 0 spiro atoms. The Morgan fingerprint density at radius 3 is 2.25 bits per heavy atom. The molecule has 11 heteroatoms. The number of nitrogens with one attached hydrogen (secondary N) is 1. The van der Waals surface area contributed by atoms with Gasteiger partial charge in [0.15, 0.2) is 0 Å². The average molecular weight is 331 g/mol. The van der Waals surface area contributed by atoms with Crippen LogP contribution in [0.5, 0.6) is 0 Å². The van der Waals surface area contributed by atoms with Crippen molar-refractivity contribution in [2.24, 2.45) is 5.73 Å². The van der Waals surface area contributed by atoms with Crippen LogP contribution in [0, 0.1) is 0 Å². The first kappa shape index (κ1) is 17.8. The van der Waals surface area contributed by atoms with Crippen molar-refractivity contribution in [1.29, 1.82) is 0 Å². The van der Waals surface area contributed by atoms with Gasteiger partial charge in [-0.2, -0.15) is 0 Å². The summed E-state index contributed by atoms with van der Waals surface area (Å²) in [5.41, 5.74) is 12.5. The Morgan fingerprint density at radius 1 is 1.12 bits per heavy atom. The van der Waals surface area contributed by atoms with E-state index in [1.807, 2.05) is 7.85 Å². The van der Waals surface area contributed by atoms with Gasteiger partial charge in [-0.25, -0.2) is 0 Å². The maximum atomic E-state index is 12.4. The summed E-state index contributed by atoms with van der Waals surface area (Å²) < 4.78 is 0. The summed E-state index contributed by atoms with van der Waals surface area (Å²) >= 11 is 6.58. The van der Waals surface area contributed by atoms with Crippen LogP contribution < -0.4 is 22.1 Å². The third-order valence-electron chi connectivity index (χ3n) is 6.77. The van der Waals surface area contributed by atoms with E-state index in [-0.39, 0.29) is 22.3 Å². The molecule has 3 rings (SSSR count). The number of fused-ring (bicyclic) bond motifs is 3. The molecule has 1 aliphatic carbocycles. The standard InChI is InChI=1S/C13H20B7ClN2O/c14-5-3-2-1-12(17,18)13(19,20)4(11(22)24)9(2)23-10(3)7(16)6(15)8(5)21/h4,23H,1,14-20H2,(H2,22,24). The lowest BCUT2D eigenvalue weighted by Gasteiger charge is -2.50. The first-order valence-electron chi connectivity index (χ1n) is 8.50. The number of hydrogen-bond acceptors (Lipinski definition) is 1. The predicted molar refractivity (Wildman–Crippen MR) is 123 cm³/mol. The van der Waals surface area contributed by atoms with Gasteiger partial charge < -0.3 is 10.7 Å². The van der Waals surface area contributed by atoms with Gasteiger partial charge in [-0.15, -0.1) is 0 Å². The van der Waals surface area contributed by atoms with Crippen molar-refractivity contribution < 1.29 is 4.79 Å². The van der Waals surface area contributed by atoms with Crippen molar-refractivity contribution in [2.45, 2.75) is 22.8 Å². The number of H-pyrrole nitrogens is 1. The second-order valence-electron chi connectivity index (χ2n) is 8.57. The molecule has 116 valence electrons. The fourth-order valence-electron chi connectivity index (χ4n) is 4.35. The van der Waals surface area contributed by atoms with Crippen LogP contribution in [0.2, 0.25) is 15.5 Å². The van der Waals surface area contributed by atoms with E-state index in [4.69, 9.17) is 17.3 Å². The number of nitrogens with two attached hydrogens (primary N) is 1. The average Bonchev–Trinajstić information content (AvgIpc) is 2.80. The van der Waals surface area contributed by atoms with E-state index in [9.17, 15) is 4.79 Å².